The van der Waals surface area contributed by atoms with Gasteiger partial charge in [-0.1, -0.05) is 41.9 Å². The topological polar surface area (TPSA) is 82.6 Å². The number of carbonyl (C=O) groups excluding carboxylic acids is 2. The number of hydrazone groups is 1. The van der Waals surface area contributed by atoms with E-state index in [1.54, 1.807) is 31.2 Å². The van der Waals surface area contributed by atoms with E-state index in [1.807, 2.05) is 54.6 Å². The van der Waals surface area contributed by atoms with Crippen LogP contribution < -0.4 is 16.1 Å². The predicted molar refractivity (Wildman–Crippen MR) is 121 cm³/mol. The number of nitrogens with zero attached hydrogens (tertiary/aromatic N) is 1. The van der Waals surface area contributed by atoms with Crippen LogP contribution in [0.5, 0.6) is 0 Å². The summed E-state index contributed by atoms with van der Waals surface area (Å²) in [7, 11) is 0. The molecule has 3 aromatic rings. The van der Waals surface area contributed by atoms with Crippen LogP contribution in [0.4, 0.5) is 17.1 Å². The maximum Gasteiger partial charge on any atom is 0.272 e. The summed E-state index contributed by atoms with van der Waals surface area (Å²) >= 11 is 5.99. The SMILES string of the molecule is C/C(CC(=O)Nc1ccc(Nc2ccccc2)cc1)=N/NC(=O)c1ccccc1Cl. The standard InChI is InChI=1S/C23H21ClN4O2/c1-16(27-28-23(30)20-9-5-6-10-21(20)24)15-22(29)26-19-13-11-18(12-14-19)25-17-7-3-2-4-8-17/h2-14,25H,15H2,1H3,(H,26,29)(H,28,30)/b27-16-. The smallest absolute Gasteiger partial charge is 0.272 e. The van der Waals surface area contributed by atoms with Crippen molar-refractivity contribution in [2.45, 2.75) is 13.3 Å². The van der Waals surface area contributed by atoms with Crippen molar-refractivity contribution in [1.29, 1.82) is 0 Å². The fourth-order valence-electron chi connectivity index (χ4n) is 2.65. The number of hydrogen-bond donors (Lipinski definition) is 3. The monoisotopic (exact) mass is 420 g/mol. The molecule has 2 amide bonds. The molecule has 0 saturated carbocycles. The van der Waals surface area contributed by atoms with Gasteiger partial charge in [-0.15, -0.1) is 0 Å². The Kier molecular flexibility index (Phi) is 7.19. The van der Waals surface area contributed by atoms with Crippen LogP contribution in [0.25, 0.3) is 0 Å². The number of anilines is 3. The molecule has 0 aliphatic carbocycles. The Balaban J connectivity index is 1.50. The van der Waals surface area contributed by atoms with Gasteiger partial charge in [0.15, 0.2) is 0 Å². The van der Waals surface area contributed by atoms with E-state index in [4.69, 9.17) is 11.6 Å². The molecular formula is C23H21ClN4O2. The molecule has 3 rings (SSSR count). The minimum absolute atomic E-state index is 0.0484. The van der Waals surface area contributed by atoms with Gasteiger partial charge in [0.1, 0.15) is 0 Å². The van der Waals surface area contributed by atoms with Gasteiger partial charge in [-0.05, 0) is 55.5 Å². The van der Waals surface area contributed by atoms with Crippen molar-refractivity contribution < 1.29 is 9.59 Å². The van der Waals surface area contributed by atoms with E-state index in [2.05, 4.69) is 21.2 Å². The number of nitrogens with one attached hydrogen (secondary N) is 3. The Bertz CT molecular complexity index is 1050. The van der Waals surface area contributed by atoms with Crippen molar-refractivity contribution in [2.75, 3.05) is 10.6 Å². The van der Waals surface area contributed by atoms with Crippen molar-refractivity contribution in [1.82, 2.24) is 5.43 Å². The number of rotatable bonds is 7. The maximum atomic E-state index is 12.2. The highest BCUT2D eigenvalue weighted by Gasteiger charge is 2.09. The Morgan fingerprint density at radius 3 is 2.13 bits per heavy atom. The first-order chi connectivity index (χ1) is 14.5. The zero-order valence-electron chi connectivity index (χ0n) is 16.4. The summed E-state index contributed by atoms with van der Waals surface area (Å²) in [5.74, 6) is -0.658. The lowest BCUT2D eigenvalue weighted by Gasteiger charge is -2.09. The quantitative estimate of drug-likeness (QED) is 0.362. The van der Waals surface area contributed by atoms with E-state index in [-0.39, 0.29) is 12.3 Å². The second-order valence-corrected chi connectivity index (χ2v) is 6.97. The molecule has 0 atom stereocenters. The molecule has 7 heteroatoms. The number of hydrogen-bond acceptors (Lipinski definition) is 4. The fraction of sp³-hybridized carbons (Fsp3) is 0.0870. The van der Waals surface area contributed by atoms with Crippen LogP contribution in [-0.4, -0.2) is 17.5 Å². The Morgan fingerprint density at radius 1 is 0.833 bits per heavy atom. The first-order valence-corrected chi connectivity index (χ1v) is 9.69. The van der Waals surface area contributed by atoms with Crippen molar-refractivity contribution in [3.05, 3.63) is 89.4 Å². The summed E-state index contributed by atoms with van der Waals surface area (Å²) in [5, 5.41) is 10.4. The number of benzene rings is 3. The molecule has 0 saturated heterocycles. The van der Waals surface area contributed by atoms with Gasteiger partial charge in [-0.25, -0.2) is 5.43 Å². The maximum absolute atomic E-state index is 12.2. The average Bonchev–Trinajstić information content (AvgIpc) is 2.74. The van der Waals surface area contributed by atoms with Crippen LogP contribution >= 0.6 is 11.6 Å². The van der Waals surface area contributed by atoms with Gasteiger partial charge in [-0.2, -0.15) is 5.10 Å². The molecule has 0 heterocycles. The third-order valence-corrected chi connectivity index (χ3v) is 4.44. The van der Waals surface area contributed by atoms with Crippen molar-refractivity contribution >= 4 is 46.2 Å². The summed E-state index contributed by atoms with van der Waals surface area (Å²) in [4.78, 5) is 24.3. The fourth-order valence-corrected chi connectivity index (χ4v) is 2.88. The van der Waals surface area contributed by atoms with E-state index in [9.17, 15) is 9.59 Å². The lowest BCUT2D eigenvalue weighted by atomic mass is 10.2. The van der Waals surface area contributed by atoms with E-state index < -0.39 is 5.91 Å². The second kappa shape index (κ2) is 10.2. The summed E-state index contributed by atoms with van der Waals surface area (Å²) < 4.78 is 0. The zero-order chi connectivity index (χ0) is 21.3. The number of para-hydroxylation sites is 1. The van der Waals surface area contributed by atoms with Crippen LogP contribution in [0.3, 0.4) is 0 Å². The molecule has 3 aromatic carbocycles. The Morgan fingerprint density at radius 2 is 1.43 bits per heavy atom. The highest BCUT2D eigenvalue weighted by Crippen LogP contribution is 2.19. The minimum Gasteiger partial charge on any atom is -0.356 e. The third kappa shape index (κ3) is 6.18. The molecule has 0 aromatic heterocycles. The van der Waals surface area contributed by atoms with E-state index >= 15 is 0 Å². The van der Waals surface area contributed by atoms with Crippen molar-refractivity contribution in [3.8, 4) is 0 Å². The summed E-state index contributed by atoms with van der Waals surface area (Å²) in [5.41, 5.74) is 5.78. The lowest BCUT2D eigenvalue weighted by molar-refractivity contribution is -0.115. The molecule has 0 bridgehead atoms. The van der Waals surface area contributed by atoms with Gasteiger partial charge in [0.25, 0.3) is 5.91 Å². The van der Waals surface area contributed by atoms with Crippen LogP contribution in [0.2, 0.25) is 5.02 Å². The van der Waals surface area contributed by atoms with Gasteiger partial charge in [0.2, 0.25) is 5.91 Å². The first kappa shape index (κ1) is 21.1. The van der Waals surface area contributed by atoms with Gasteiger partial charge in [0, 0.05) is 22.8 Å². The highest BCUT2D eigenvalue weighted by atomic mass is 35.5. The second-order valence-electron chi connectivity index (χ2n) is 6.56. The Labute approximate surface area is 180 Å². The third-order valence-electron chi connectivity index (χ3n) is 4.11. The summed E-state index contributed by atoms with van der Waals surface area (Å²) in [6.07, 6.45) is 0.0484. The number of carbonyl (C=O) groups is 2. The molecule has 6 nitrogen and oxygen atoms in total. The van der Waals surface area contributed by atoms with E-state index in [0.29, 0.717) is 22.0 Å². The first-order valence-electron chi connectivity index (χ1n) is 9.31. The van der Waals surface area contributed by atoms with Gasteiger partial charge < -0.3 is 10.6 Å². The zero-order valence-corrected chi connectivity index (χ0v) is 17.1. The van der Waals surface area contributed by atoms with Crippen LogP contribution in [0.15, 0.2) is 84.0 Å². The number of amides is 2. The normalized spacial score (nSPS) is 10.9. The number of halogens is 1. The van der Waals surface area contributed by atoms with Crippen molar-refractivity contribution in [2.24, 2.45) is 5.10 Å². The minimum atomic E-state index is -0.429. The van der Waals surface area contributed by atoms with E-state index in [0.717, 1.165) is 11.4 Å². The predicted octanol–water partition coefficient (Wildman–Crippen LogP) is 5.22. The average molecular weight is 421 g/mol. The van der Waals surface area contributed by atoms with Crippen LogP contribution in [-0.2, 0) is 4.79 Å². The summed E-state index contributed by atoms with van der Waals surface area (Å²) in [6, 6.07) is 23.9. The van der Waals surface area contributed by atoms with Gasteiger partial charge >= 0.3 is 0 Å². The molecule has 0 aliphatic rings. The molecule has 0 spiro atoms. The Hall–Kier alpha value is -3.64. The van der Waals surface area contributed by atoms with Gasteiger partial charge in [0.05, 0.1) is 17.0 Å². The molecule has 152 valence electrons. The molecular weight excluding hydrogens is 400 g/mol. The molecule has 0 aliphatic heterocycles. The van der Waals surface area contributed by atoms with Crippen molar-refractivity contribution in [3.63, 3.8) is 0 Å². The van der Waals surface area contributed by atoms with Crippen LogP contribution in [0, 0.1) is 0 Å². The van der Waals surface area contributed by atoms with E-state index in [1.165, 1.54) is 0 Å². The van der Waals surface area contributed by atoms with Crippen LogP contribution in [0.1, 0.15) is 23.7 Å². The lowest BCUT2D eigenvalue weighted by Crippen LogP contribution is -2.21. The largest absolute Gasteiger partial charge is 0.356 e. The molecule has 3 N–H and O–H groups in total. The highest BCUT2D eigenvalue weighted by molar-refractivity contribution is 6.33. The summed E-state index contributed by atoms with van der Waals surface area (Å²) in [6.45, 7) is 1.67. The molecule has 0 fully saturated rings. The molecule has 0 radical (unpaired) electrons. The molecule has 0 unspecified atom stereocenters. The van der Waals surface area contributed by atoms with Gasteiger partial charge in [-0.3, -0.25) is 9.59 Å². The molecule has 30 heavy (non-hydrogen) atoms.